The molecule has 1 amide bonds. The number of guanidine groups is 1. The van der Waals surface area contributed by atoms with Crippen molar-refractivity contribution in [2.45, 2.75) is 26.2 Å². The second kappa shape index (κ2) is 9.15. The fourth-order valence-corrected chi connectivity index (χ4v) is 2.59. The van der Waals surface area contributed by atoms with Crippen molar-refractivity contribution in [3.05, 3.63) is 29.8 Å². The maximum atomic E-state index is 11.8. The largest absolute Gasteiger partial charge is 0.380 e. The molecule has 6 nitrogen and oxygen atoms in total. The second-order valence-electron chi connectivity index (χ2n) is 5.38. The first kappa shape index (κ1) is 17.3. The van der Waals surface area contributed by atoms with Gasteiger partial charge in [-0.25, -0.2) is 0 Å². The lowest BCUT2D eigenvalue weighted by Crippen LogP contribution is -2.39. The number of rotatable bonds is 7. The van der Waals surface area contributed by atoms with Crippen LogP contribution in [0.3, 0.4) is 0 Å². The lowest BCUT2D eigenvalue weighted by molar-refractivity contribution is -0.116. The molecular formula is C17H26N4O2. The highest BCUT2D eigenvalue weighted by molar-refractivity contribution is 5.94. The zero-order valence-corrected chi connectivity index (χ0v) is 13.9. The number of carbonyl (C=O) groups excluding carboxylic acids is 1. The predicted molar refractivity (Wildman–Crippen MR) is 92.9 cm³/mol. The molecule has 0 aliphatic carbocycles. The maximum absolute atomic E-state index is 11.8. The Labute approximate surface area is 137 Å². The lowest BCUT2D eigenvalue weighted by atomic mass is 9.91. The number of ether oxygens (including phenoxy) is 1. The molecule has 0 spiro atoms. The van der Waals surface area contributed by atoms with E-state index in [0.29, 0.717) is 32.7 Å². The van der Waals surface area contributed by atoms with Crippen LogP contribution in [-0.2, 0) is 9.53 Å². The molecule has 1 aliphatic rings. The number of nitrogens with zero attached hydrogens (tertiary/aromatic N) is 1. The fraction of sp³-hybridized carbons (Fsp3) is 0.529. The van der Waals surface area contributed by atoms with E-state index in [1.807, 2.05) is 32.0 Å². The number of hydrogen-bond donors (Lipinski definition) is 3. The Bertz CT molecular complexity index is 545. The quantitative estimate of drug-likeness (QED) is 0.406. The van der Waals surface area contributed by atoms with Crippen LogP contribution in [0.2, 0.25) is 0 Å². The average Bonchev–Trinajstić information content (AvgIpc) is 2.56. The molecule has 6 heteroatoms. The van der Waals surface area contributed by atoms with Gasteiger partial charge in [0.25, 0.3) is 0 Å². The minimum absolute atomic E-state index is 0.0539. The molecule has 0 saturated carbocycles. The molecule has 2 rings (SSSR count). The summed E-state index contributed by atoms with van der Waals surface area (Å²) in [6.07, 6.45) is 0.471. The van der Waals surface area contributed by atoms with Gasteiger partial charge in [-0.1, -0.05) is 18.2 Å². The van der Waals surface area contributed by atoms with E-state index in [-0.39, 0.29) is 11.8 Å². The molecule has 0 fully saturated rings. The van der Waals surface area contributed by atoms with Crippen molar-refractivity contribution < 1.29 is 9.53 Å². The molecular weight excluding hydrogens is 292 g/mol. The van der Waals surface area contributed by atoms with Gasteiger partial charge in [-0.15, -0.1) is 0 Å². The average molecular weight is 318 g/mol. The van der Waals surface area contributed by atoms with Crippen molar-refractivity contribution in [1.82, 2.24) is 10.6 Å². The summed E-state index contributed by atoms with van der Waals surface area (Å²) in [7, 11) is 0. The lowest BCUT2D eigenvalue weighted by Gasteiger charge is -2.24. The van der Waals surface area contributed by atoms with E-state index in [1.54, 1.807) is 0 Å². The minimum atomic E-state index is 0.0539. The van der Waals surface area contributed by atoms with Gasteiger partial charge in [0.15, 0.2) is 5.96 Å². The van der Waals surface area contributed by atoms with Gasteiger partial charge < -0.3 is 20.7 Å². The molecule has 0 aromatic heterocycles. The molecule has 0 radical (unpaired) electrons. The van der Waals surface area contributed by atoms with Gasteiger partial charge in [-0.2, -0.15) is 0 Å². The Morgan fingerprint density at radius 2 is 2.17 bits per heavy atom. The third-order valence-electron chi connectivity index (χ3n) is 3.66. The number of amides is 1. The second-order valence-corrected chi connectivity index (χ2v) is 5.38. The van der Waals surface area contributed by atoms with Crippen molar-refractivity contribution in [2.75, 3.05) is 38.2 Å². The highest BCUT2D eigenvalue weighted by atomic mass is 16.5. The summed E-state index contributed by atoms with van der Waals surface area (Å²) in [5.74, 6) is 0.927. The summed E-state index contributed by atoms with van der Waals surface area (Å²) in [4.78, 5) is 16.5. The molecule has 1 aliphatic heterocycles. The Balaban J connectivity index is 1.99. The molecule has 3 N–H and O–H groups in total. The number of fused-ring (bicyclic) bond motifs is 1. The van der Waals surface area contributed by atoms with Crippen molar-refractivity contribution in [2.24, 2.45) is 4.99 Å². The van der Waals surface area contributed by atoms with Crippen molar-refractivity contribution >= 4 is 17.6 Å². The van der Waals surface area contributed by atoms with Crippen molar-refractivity contribution in [3.63, 3.8) is 0 Å². The van der Waals surface area contributed by atoms with Gasteiger partial charge in [-0.05, 0) is 25.5 Å². The zero-order valence-electron chi connectivity index (χ0n) is 13.9. The molecule has 0 saturated heterocycles. The Morgan fingerprint density at radius 3 is 2.96 bits per heavy atom. The van der Waals surface area contributed by atoms with E-state index in [4.69, 9.17) is 4.74 Å². The van der Waals surface area contributed by atoms with Crippen LogP contribution >= 0.6 is 0 Å². The third-order valence-corrected chi connectivity index (χ3v) is 3.66. The zero-order chi connectivity index (χ0) is 16.5. The first-order valence-corrected chi connectivity index (χ1v) is 8.23. The van der Waals surface area contributed by atoms with Crippen molar-refractivity contribution in [1.29, 1.82) is 0 Å². The van der Waals surface area contributed by atoms with Crippen LogP contribution in [0.4, 0.5) is 5.69 Å². The van der Waals surface area contributed by atoms with E-state index in [0.717, 1.165) is 23.8 Å². The molecule has 1 unspecified atom stereocenters. The van der Waals surface area contributed by atoms with Crippen LogP contribution in [0.1, 0.15) is 31.7 Å². The predicted octanol–water partition coefficient (Wildman–Crippen LogP) is 1.70. The number of para-hydroxylation sites is 1. The number of hydrogen-bond acceptors (Lipinski definition) is 3. The maximum Gasteiger partial charge on any atom is 0.225 e. The van der Waals surface area contributed by atoms with E-state index < -0.39 is 0 Å². The number of carbonyl (C=O) groups is 1. The van der Waals surface area contributed by atoms with Gasteiger partial charge in [0.1, 0.15) is 0 Å². The summed E-state index contributed by atoms with van der Waals surface area (Å²) in [6.45, 7) is 7.45. The van der Waals surface area contributed by atoms with Crippen LogP contribution in [-0.4, -0.2) is 44.7 Å². The summed E-state index contributed by atoms with van der Waals surface area (Å²) >= 11 is 0. The van der Waals surface area contributed by atoms with Crippen LogP contribution in [0.5, 0.6) is 0 Å². The molecule has 1 heterocycles. The monoisotopic (exact) mass is 318 g/mol. The van der Waals surface area contributed by atoms with Gasteiger partial charge in [0, 0.05) is 37.7 Å². The molecule has 1 aromatic carbocycles. The highest BCUT2D eigenvalue weighted by Crippen LogP contribution is 2.31. The Kier molecular flexibility index (Phi) is 6.87. The Hall–Kier alpha value is -2.08. The summed E-state index contributed by atoms with van der Waals surface area (Å²) in [6, 6.07) is 7.93. The molecule has 23 heavy (non-hydrogen) atoms. The standard InChI is InChI=1S/C17H26N4O2/c1-3-18-17(19-9-10-23-4-2)20-12-13-11-16(22)21-15-8-6-5-7-14(13)15/h5-8,13H,3-4,9-12H2,1-2H3,(H,21,22)(H2,18,19,20). The molecule has 1 atom stereocenters. The first-order valence-electron chi connectivity index (χ1n) is 8.23. The smallest absolute Gasteiger partial charge is 0.225 e. The van der Waals surface area contributed by atoms with Gasteiger partial charge >= 0.3 is 0 Å². The minimum Gasteiger partial charge on any atom is -0.380 e. The van der Waals surface area contributed by atoms with Crippen LogP contribution in [0.25, 0.3) is 0 Å². The molecule has 0 bridgehead atoms. The van der Waals surface area contributed by atoms with E-state index in [9.17, 15) is 4.79 Å². The van der Waals surface area contributed by atoms with Gasteiger partial charge in [0.2, 0.25) is 5.91 Å². The van der Waals surface area contributed by atoms with Crippen LogP contribution < -0.4 is 16.0 Å². The summed E-state index contributed by atoms with van der Waals surface area (Å²) in [5, 5.41) is 9.38. The number of anilines is 1. The van der Waals surface area contributed by atoms with Gasteiger partial charge in [-0.3, -0.25) is 9.79 Å². The molecule has 126 valence electrons. The highest BCUT2D eigenvalue weighted by Gasteiger charge is 2.24. The van der Waals surface area contributed by atoms with Crippen LogP contribution in [0.15, 0.2) is 29.3 Å². The SMILES string of the molecule is CCNC(=NCC1CC(=O)Nc2ccccc21)NCCOCC. The fourth-order valence-electron chi connectivity index (χ4n) is 2.59. The van der Waals surface area contributed by atoms with Crippen LogP contribution in [0, 0.1) is 0 Å². The van der Waals surface area contributed by atoms with E-state index in [2.05, 4.69) is 27.0 Å². The summed E-state index contributed by atoms with van der Waals surface area (Å²) in [5.41, 5.74) is 2.05. The summed E-state index contributed by atoms with van der Waals surface area (Å²) < 4.78 is 5.32. The first-order chi connectivity index (χ1) is 11.2. The topological polar surface area (TPSA) is 74.8 Å². The number of nitrogens with one attached hydrogen (secondary N) is 3. The Morgan fingerprint density at radius 1 is 1.35 bits per heavy atom. The number of aliphatic imine (C=N–C) groups is 1. The van der Waals surface area contributed by atoms with Crippen molar-refractivity contribution in [3.8, 4) is 0 Å². The third kappa shape index (κ3) is 5.25. The van der Waals surface area contributed by atoms with E-state index in [1.165, 1.54) is 0 Å². The molecule has 1 aromatic rings. The normalized spacial score (nSPS) is 17.4. The van der Waals surface area contributed by atoms with E-state index >= 15 is 0 Å². The number of benzene rings is 1. The van der Waals surface area contributed by atoms with Gasteiger partial charge in [0.05, 0.1) is 13.2 Å².